The summed E-state index contributed by atoms with van der Waals surface area (Å²) in [5.41, 5.74) is 6.10. The molecule has 2 N–H and O–H groups in total. The van der Waals surface area contributed by atoms with Gasteiger partial charge >= 0.3 is 11.9 Å². The summed E-state index contributed by atoms with van der Waals surface area (Å²) in [7, 11) is 4.17. The zero-order valence-electron chi connectivity index (χ0n) is 11.6. The fourth-order valence-electron chi connectivity index (χ4n) is 1.48. The van der Waals surface area contributed by atoms with E-state index >= 15 is 0 Å². The van der Waals surface area contributed by atoms with Crippen molar-refractivity contribution in [2.45, 2.75) is 6.42 Å². The molecule has 0 atom stereocenters. The van der Waals surface area contributed by atoms with Crippen LogP contribution in [0.15, 0.2) is 12.1 Å². The highest BCUT2D eigenvalue weighted by atomic mass is 16.5. The normalized spacial score (nSPS) is 9.75. The van der Waals surface area contributed by atoms with Crippen molar-refractivity contribution in [3.05, 3.63) is 17.7 Å². The molecule has 20 heavy (non-hydrogen) atoms. The fourth-order valence-corrected chi connectivity index (χ4v) is 1.48. The third kappa shape index (κ3) is 3.78. The van der Waals surface area contributed by atoms with E-state index in [1.807, 2.05) is 0 Å². The number of nitrogen functional groups attached to an aromatic ring is 1. The lowest BCUT2D eigenvalue weighted by Crippen LogP contribution is -2.12. The molecule has 0 aliphatic heterocycles. The third-order valence-electron chi connectivity index (χ3n) is 2.54. The Morgan fingerprint density at radius 3 is 2.25 bits per heavy atom. The zero-order chi connectivity index (χ0) is 15.1. The van der Waals surface area contributed by atoms with Crippen LogP contribution in [0.2, 0.25) is 0 Å². The molecule has 1 rings (SSSR count). The first-order valence-corrected chi connectivity index (χ1v) is 5.79. The molecule has 0 saturated heterocycles. The smallest absolute Gasteiger partial charge is 0.340 e. The minimum absolute atomic E-state index is 0.0184. The Kier molecular flexibility index (Phi) is 5.64. The maximum Gasteiger partial charge on any atom is 0.340 e. The number of nitrogens with two attached hydrogens (primary N) is 1. The minimum Gasteiger partial charge on any atom is -0.493 e. The molecule has 0 aliphatic rings. The lowest BCUT2D eigenvalue weighted by molar-refractivity contribution is -0.141. The molecular weight excluding hydrogens is 266 g/mol. The Bertz CT molecular complexity index is 500. The standard InChI is InChI=1S/C13H17NO6/c1-17-10-6-8(9(14)7-11(10)18-2)13(16)20-5-4-12(15)19-3/h6-7H,4-5,14H2,1-3H3. The van der Waals surface area contributed by atoms with Gasteiger partial charge in [-0.1, -0.05) is 0 Å². The van der Waals surface area contributed by atoms with Gasteiger partial charge in [0.1, 0.15) is 6.61 Å². The molecule has 0 amide bonds. The van der Waals surface area contributed by atoms with Crippen LogP contribution in [0, 0.1) is 0 Å². The lowest BCUT2D eigenvalue weighted by atomic mass is 10.1. The molecule has 0 spiro atoms. The predicted octanol–water partition coefficient (Wildman–Crippen LogP) is 1.01. The van der Waals surface area contributed by atoms with Gasteiger partial charge < -0.3 is 24.7 Å². The summed E-state index contributed by atoms with van der Waals surface area (Å²) in [5, 5.41) is 0. The molecule has 0 unspecified atom stereocenters. The van der Waals surface area contributed by atoms with Gasteiger partial charge in [-0.3, -0.25) is 4.79 Å². The maximum absolute atomic E-state index is 11.9. The summed E-state index contributed by atoms with van der Waals surface area (Å²) in [6, 6.07) is 2.89. The van der Waals surface area contributed by atoms with Gasteiger partial charge in [-0.15, -0.1) is 0 Å². The minimum atomic E-state index is -0.646. The van der Waals surface area contributed by atoms with Crippen LogP contribution in [0.3, 0.4) is 0 Å². The maximum atomic E-state index is 11.9. The van der Waals surface area contributed by atoms with Crippen LogP contribution in [-0.2, 0) is 14.3 Å². The van der Waals surface area contributed by atoms with Gasteiger partial charge in [-0.05, 0) is 0 Å². The van der Waals surface area contributed by atoms with Crippen molar-refractivity contribution in [3.8, 4) is 11.5 Å². The number of benzene rings is 1. The van der Waals surface area contributed by atoms with Crippen LogP contribution < -0.4 is 15.2 Å². The van der Waals surface area contributed by atoms with Crippen molar-refractivity contribution in [1.29, 1.82) is 0 Å². The first-order valence-electron chi connectivity index (χ1n) is 5.79. The summed E-state index contributed by atoms with van der Waals surface area (Å²) in [5.74, 6) is -0.330. The van der Waals surface area contributed by atoms with Crippen LogP contribution in [0.4, 0.5) is 5.69 Å². The average molecular weight is 283 g/mol. The van der Waals surface area contributed by atoms with E-state index in [9.17, 15) is 9.59 Å². The highest BCUT2D eigenvalue weighted by Gasteiger charge is 2.16. The van der Waals surface area contributed by atoms with Crippen LogP contribution in [0.5, 0.6) is 11.5 Å². The second-order valence-electron chi connectivity index (χ2n) is 3.76. The monoisotopic (exact) mass is 283 g/mol. The van der Waals surface area contributed by atoms with Crippen molar-refractivity contribution < 1.29 is 28.5 Å². The lowest BCUT2D eigenvalue weighted by Gasteiger charge is -2.12. The summed E-state index contributed by atoms with van der Waals surface area (Å²) in [6.07, 6.45) is -0.0184. The topological polar surface area (TPSA) is 97.1 Å². The molecule has 7 heteroatoms. The first-order chi connectivity index (χ1) is 9.53. The highest BCUT2D eigenvalue weighted by Crippen LogP contribution is 2.32. The highest BCUT2D eigenvalue weighted by molar-refractivity contribution is 5.96. The van der Waals surface area contributed by atoms with Crippen LogP contribution in [0.1, 0.15) is 16.8 Å². The number of methoxy groups -OCH3 is 3. The van der Waals surface area contributed by atoms with Crippen LogP contribution >= 0.6 is 0 Å². The Labute approximate surface area is 116 Å². The first kappa shape index (κ1) is 15.6. The molecule has 0 aliphatic carbocycles. The number of rotatable bonds is 6. The van der Waals surface area contributed by atoms with Crippen molar-refractivity contribution in [3.63, 3.8) is 0 Å². The third-order valence-corrected chi connectivity index (χ3v) is 2.54. The molecule has 7 nitrogen and oxygen atoms in total. The van der Waals surface area contributed by atoms with E-state index in [1.54, 1.807) is 0 Å². The van der Waals surface area contributed by atoms with Gasteiger partial charge in [0.25, 0.3) is 0 Å². The zero-order valence-corrected chi connectivity index (χ0v) is 11.6. The largest absolute Gasteiger partial charge is 0.493 e. The molecule has 110 valence electrons. The van der Waals surface area contributed by atoms with E-state index in [1.165, 1.54) is 33.5 Å². The molecule has 0 aromatic heterocycles. The van der Waals surface area contributed by atoms with E-state index in [2.05, 4.69) is 4.74 Å². The van der Waals surface area contributed by atoms with E-state index in [0.29, 0.717) is 11.5 Å². The molecular formula is C13H17NO6. The van der Waals surface area contributed by atoms with Gasteiger partial charge in [0.2, 0.25) is 0 Å². The predicted molar refractivity (Wildman–Crippen MR) is 70.9 cm³/mol. The SMILES string of the molecule is COC(=O)CCOC(=O)c1cc(OC)c(OC)cc1N. The number of ether oxygens (including phenoxy) is 4. The molecule has 1 aromatic rings. The summed E-state index contributed by atoms with van der Waals surface area (Å²) >= 11 is 0. The quantitative estimate of drug-likeness (QED) is 0.614. The Hall–Kier alpha value is -2.44. The van der Waals surface area contributed by atoms with Gasteiger partial charge in [-0.25, -0.2) is 4.79 Å². The van der Waals surface area contributed by atoms with Crippen molar-refractivity contribution >= 4 is 17.6 Å². The second kappa shape index (κ2) is 7.22. The fraction of sp³-hybridized carbons (Fsp3) is 0.385. The summed E-state index contributed by atoms with van der Waals surface area (Å²) < 4.78 is 19.5. The van der Waals surface area contributed by atoms with E-state index in [-0.39, 0.29) is 24.3 Å². The number of esters is 2. The number of carbonyl (C=O) groups excluding carboxylic acids is 2. The van der Waals surface area contributed by atoms with E-state index < -0.39 is 11.9 Å². The summed E-state index contributed by atoms with van der Waals surface area (Å²) in [6.45, 7) is -0.0840. The van der Waals surface area contributed by atoms with Crippen LogP contribution in [0.25, 0.3) is 0 Å². The van der Waals surface area contributed by atoms with Gasteiger partial charge in [-0.2, -0.15) is 0 Å². The molecule has 0 bridgehead atoms. The number of anilines is 1. The van der Waals surface area contributed by atoms with Gasteiger partial charge in [0, 0.05) is 12.1 Å². The number of carbonyl (C=O) groups is 2. The average Bonchev–Trinajstić information content (AvgIpc) is 2.46. The molecule has 0 radical (unpaired) electrons. The number of hydrogen-bond acceptors (Lipinski definition) is 7. The Morgan fingerprint density at radius 2 is 1.70 bits per heavy atom. The Balaban J connectivity index is 2.80. The molecule has 1 aromatic carbocycles. The second-order valence-corrected chi connectivity index (χ2v) is 3.76. The van der Waals surface area contributed by atoms with Crippen molar-refractivity contribution in [1.82, 2.24) is 0 Å². The van der Waals surface area contributed by atoms with E-state index in [0.717, 1.165) is 0 Å². The molecule has 0 saturated carbocycles. The van der Waals surface area contributed by atoms with Gasteiger partial charge in [0.05, 0.1) is 39.0 Å². The van der Waals surface area contributed by atoms with Crippen molar-refractivity contribution in [2.24, 2.45) is 0 Å². The van der Waals surface area contributed by atoms with Crippen molar-refractivity contribution in [2.75, 3.05) is 33.7 Å². The van der Waals surface area contributed by atoms with Crippen LogP contribution in [-0.4, -0.2) is 39.9 Å². The van der Waals surface area contributed by atoms with Gasteiger partial charge in [0.15, 0.2) is 11.5 Å². The number of hydrogen-bond donors (Lipinski definition) is 1. The van der Waals surface area contributed by atoms with E-state index in [4.69, 9.17) is 19.9 Å². The Morgan fingerprint density at radius 1 is 1.10 bits per heavy atom. The molecule has 0 heterocycles. The summed E-state index contributed by atoms with van der Waals surface area (Å²) in [4.78, 5) is 22.8. The molecule has 0 fully saturated rings.